The lowest BCUT2D eigenvalue weighted by molar-refractivity contribution is -0.116. The molecule has 1 aromatic carbocycles. The maximum absolute atomic E-state index is 12.3. The molecule has 1 fully saturated rings. The van der Waals surface area contributed by atoms with E-state index in [0.717, 1.165) is 15.4 Å². The highest BCUT2D eigenvalue weighted by atomic mass is 32.1. The van der Waals surface area contributed by atoms with Crippen molar-refractivity contribution in [3.8, 4) is 0 Å². The van der Waals surface area contributed by atoms with Gasteiger partial charge in [-0.15, -0.1) is 11.3 Å². The van der Waals surface area contributed by atoms with Gasteiger partial charge in [0.25, 0.3) is 0 Å². The van der Waals surface area contributed by atoms with Gasteiger partial charge in [0.2, 0.25) is 5.91 Å². The molecule has 3 amide bonds. The van der Waals surface area contributed by atoms with E-state index < -0.39 is 0 Å². The number of carbonyl (C=O) groups is 3. The number of thiophene rings is 1. The van der Waals surface area contributed by atoms with Crippen molar-refractivity contribution in [1.82, 2.24) is 5.32 Å². The van der Waals surface area contributed by atoms with Crippen LogP contribution in [0.15, 0.2) is 30.3 Å². The molecule has 1 aliphatic rings. The first-order valence-electron chi connectivity index (χ1n) is 8.49. The minimum atomic E-state index is -0.217. The first-order chi connectivity index (χ1) is 12.4. The number of benzene rings is 1. The molecule has 0 saturated carbocycles. The molecule has 2 heterocycles. The molecule has 0 aliphatic carbocycles. The molecular weight excluding hydrogens is 350 g/mol. The van der Waals surface area contributed by atoms with Gasteiger partial charge in [-0.1, -0.05) is 6.07 Å². The van der Waals surface area contributed by atoms with Crippen LogP contribution >= 0.6 is 11.3 Å². The second-order valence-electron chi connectivity index (χ2n) is 6.23. The fraction of sp³-hybridized carbons (Fsp3) is 0.316. The minimum absolute atomic E-state index is 0.00973. The maximum Gasteiger partial charge on any atom is 0.321 e. The first kappa shape index (κ1) is 18.1. The highest BCUT2D eigenvalue weighted by Crippen LogP contribution is 2.23. The van der Waals surface area contributed by atoms with Crippen LogP contribution in [-0.2, 0) is 4.79 Å². The van der Waals surface area contributed by atoms with E-state index in [4.69, 9.17) is 0 Å². The molecule has 0 atom stereocenters. The second kappa shape index (κ2) is 7.70. The maximum atomic E-state index is 12.3. The van der Waals surface area contributed by atoms with E-state index in [-0.39, 0.29) is 30.6 Å². The van der Waals surface area contributed by atoms with Crippen LogP contribution in [0.4, 0.5) is 16.2 Å². The highest BCUT2D eigenvalue weighted by molar-refractivity contribution is 7.12. The minimum Gasteiger partial charge on any atom is -0.336 e. The Labute approximate surface area is 156 Å². The van der Waals surface area contributed by atoms with E-state index in [1.54, 1.807) is 34.4 Å². The topological polar surface area (TPSA) is 78.5 Å². The molecule has 2 N–H and O–H groups in total. The number of rotatable bonds is 6. The predicted octanol–water partition coefficient (Wildman–Crippen LogP) is 3.50. The number of Topliss-reactive ketones (excluding diaryl/α,β-unsaturated/α-hetero) is 1. The largest absolute Gasteiger partial charge is 0.336 e. The summed E-state index contributed by atoms with van der Waals surface area (Å²) in [5.41, 5.74) is 2.06. The number of hydrogen-bond acceptors (Lipinski definition) is 4. The van der Waals surface area contributed by atoms with Gasteiger partial charge in [-0.05, 0) is 38.1 Å². The third-order valence-corrected chi connectivity index (χ3v) is 5.18. The molecule has 6 nitrogen and oxygen atoms in total. The summed E-state index contributed by atoms with van der Waals surface area (Å²) in [7, 11) is 0. The number of hydrogen-bond donors (Lipinski definition) is 2. The third kappa shape index (κ3) is 4.11. The Balaban J connectivity index is 1.57. The van der Waals surface area contributed by atoms with Gasteiger partial charge in [-0.3, -0.25) is 14.5 Å². The third-order valence-electron chi connectivity index (χ3n) is 4.22. The highest BCUT2D eigenvalue weighted by Gasteiger charge is 2.21. The molecule has 0 radical (unpaired) electrons. The fourth-order valence-corrected chi connectivity index (χ4v) is 3.90. The number of ketones is 1. The zero-order valence-corrected chi connectivity index (χ0v) is 15.6. The summed E-state index contributed by atoms with van der Waals surface area (Å²) in [4.78, 5) is 39.9. The van der Waals surface area contributed by atoms with Gasteiger partial charge in [0.15, 0.2) is 5.78 Å². The number of nitrogens with one attached hydrogen (secondary N) is 2. The van der Waals surface area contributed by atoms with E-state index in [0.29, 0.717) is 24.3 Å². The van der Waals surface area contributed by atoms with Crippen molar-refractivity contribution in [2.45, 2.75) is 26.7 Å². The standard InChI is InChI=1S/C19H21N3O3S/c1-12-10-16(13(2)26-12)17(23)6-7-18(24)21-14-4-3-5-15(11-14)22-9-8-20-19(22)25/h3-5,10-11H,6-9H2,1-2H3,(H,20,25)(H,21,24). The second-order valence-corrected chi connectivity index (χ2v) is 7.69. The van der Waals surface area contributed by atoms with Crippen molar-refractivity contribution < 1.29 is 14.4 Å². The molecule has 0 unspecified atom stereocenters. The van der Waals surface area contributed by atoms with Crippen molar-refractivity contribution in [2.24, 2.45) is 0 Å². The molecule has 3 rings (SSSR count). The van der Waals surface area contributed by atoms with Crippen molar-refractivity contribution in [1.29, 1.82) is 0 Å². The van der Waals surface area contributed by atoms with Crippen LogP contribution in [0.25, 0.3) is 0 Å². The number of carbonyl (C=O) groups excluding carboxylic acids is 3. The van der Waals surface area contributed by atoms with Gasteiger partial charge >= 0.3 is 6.03 Å². The lowest BCUT2D eigenvalue weighted by atomic mass is 10.1. The number of aryl methyl sites for hydroxylation is 2. The van der Waals surface area contributed by atoms with Crippen molar-refractivity contribution in [2.75, 3.05) is 23.3 Å². The van der Waals surface area contributed by atoms with Crippen molar-refractivity contribution in [3.05, 3.63) is 45.6 Å². The van der Waals surface area contributed by atoms with Crippen LogP contribution in [0, 0.1) is 13.8 Å². The Morgan fingerprint density at radius 1 is 1.23 bits per heavy atom. The predicted molar refractivity (Wildman–Crippen MR) is 103 cm³/mol. The van der Waals surface area contributed by atoms with Crippen molar-refractivity contribution >= 4 is 40.4 Å². The average molecular weight is 371 g/mol. The molecule has 26 heavy (non-hydrogen) atoms. The molecule has 1 saturated heterocycles. The summed E-state index contributed by atoms with van der Waals surface area (Å²) in [6.07, 6.45) is 0.304. The number of nitrogens with zero attached hydrogens (tertiary/aromatic N) is 1. The van der Waals surface area contributed by atoms with Gasteiger partial charge in [0.1, 0.15) is 0 Å². The van der Waals surface area contributed by atoms with Crippen LogP contribution in [-0.4, -0.2) is 30.8 Å². The normalized spacial score (nSPS) is 13.6. The first-order valence-corrected chi connectivity index (χ1v) is 9.31. The number of urea groups is 1. The summed E-state index contributed by atoms with van der Waals surface area (Å²) in [5, 5.41) is 5.55. The molecule has 2 aromatic rings. The Kier molecular flexibility index (Phi) is 5.37. The van der Waals surface area contributed by atoms with Gasteiger partial charge in [-0.25, -0.2) is 4.79 Å². The molecular formula is C19H21N3O3S. The van der Waals surface area contributed by atoms with E-state index in [1.807, 2.05) is 26.0 Å². The van der Waals surface area contributed by atoms with Gasteiger partial charge in [0, 0.05) is 52.6 Å². The Morgan fingerprint density at radius 3 is 2.69 bits per heavy atom. The van der Waals surface area contributed by atoms with Gasteiger partial charge in [0.05, 0.1) is 0 Å². The quantitative estimate of drug-likeness (QED) is 0.763. The molecule has 1 aromatic heterocycles. The lowest BCUT2D eigenvalue weighted by Gasteiger charge is -2.15. The summed E-state index contributed by atoms with van der Waals surface area (Å²) < 4.78 is 0. The Morgan fingerprint density at radius 2 is 2.04 bits per heavy atom. The molecule has 1 aliphatic heterocycles. The van der Waals surface area contributed by atoms with Gasteiger partial charge < -0.3 is 10.6 Å². The zero-order chi connectivity index (χ0) is 18.7. The lowest BCUT2D eigenvalue weighted by Crippen LogP contribution is -2.27. The fourth-order valence-electron chi connectivity index (χ4n) is 2.96. The van der Waals surface area contributed by atoms with E-state index in [2.05, 4.69) is 10.6 Å². The average Bonchev–Trinajstić information content (AvgIpc) is 3.18. The van der Waals surface area contributed by atoms with Gasteiger partial charge in [-0.2, -0.15) is 0 Å². The zero-order valence-electron chi connectivity index (χ0n) is 14.8. The summed E-state index contributed by atoms with van der Waals surface area (Å²) in [5.74, 6) is -0.226. The summed E-state index contributed by atoms with van der Waals surface area (Å²) >= 11 is 1.59. The SMILES string of the molecule is Cc1cc(C(=O)CCC(=O)Nc2cccc(N3CCNC3=O)c2)c(C)s1. The van der Waals surface area contributed by atoms with Crippen molar-refractivity contribution in [3.63, 3.8) is 0 Å². The van der Waals surface area contributed by atoms with Crippen LogP contribution in [0.2, 0.25) is 0 Å². The molecule has 0 bridgehead atoms. The van der Waals surface area contributed by atoms with E-state index in [9.17, 15) is 14.4 Å². The molecule has 7 heteroatoms. The van der Waals surface area contributed by atoms with Crippen LogP contribution < -0.4 is 15.5 Å². The monoisotopic (exact) mass is 371 g/mol. The number of anilines is 2. The number of amides is 3. The van der Waals surface area contributed by atoms with E-state index >= 15 is 0 Å². The van der Waals surface area contributed by atoms with Crippen LogP contribution in [0.3, 0.4) is 0 Å². The summed E-state index contributed by atoms with van der Waals surface area (Å²) in [6.45, 7) is 5.10. The molecule has 136 valence electrons. The van der Waals surface area contributed by atoms with Crippen LogP contribution in [0.5, 0.6) is 0 Å². The molecule has 0 spiro atoms. The van der Waals surface area contributed by atoms with E-state index in [1.165, 1.54) is 0 Å². The Hall–Kier alpha value is -2.67. The van der Waals surface area contributed by atoms with Crippen LogP contribution in [0.1, 0.15) is 33.0 Å². The summed E-state index contributed by atoms with van der Waals surface area (Å²) in [6, 6.07) is 8.89. The smallest absolute Gasteiger partial charge is 0.321 e. The Bertz CT molecular complexity index is 859.